The van der Waals surface area contributed by atoms with Crippen molar-refractivity contribution in [3.8, 4) is 0 Å². The summed E-state index contributed by atoms with van der Waals surface area (Å²) in [5, 5.41) is 54.4. The number of rotatable bonds is 51. The van der Waals surface area contributed by atoms with E-state index in [2.05, 4.69) is 67.8 Å². The Labute approximate surface area is 431 Å². The number of aliphatic hydroxyl groups excluding tert-OH is 5. The highest BCUT2D eigenvalue weighted by Crippen LogP contribution is 2.23. The van der Waals surface area contributed by atoms with Gasteiger partial charge < -0.3 is 40.3 Å². The molecule has 1 aliphatic rings. The van der Waals surface area contributed by atoms with Gasteiger partial charge in [0.05, 0.1) is 25.4 Å². The summed E-state index contributed by atoms with van der Waals surface area (Å²) in [4.78, 5) is 13.0. The van der Waals surface area contributed by atoms with Gasteiger partial charge in [-0.15, -0.1) is 0 Å². The molecule has 70 heavy (non-hydrogen) atoms. The Hall–Kier alpha value is -1.85. The average Bonchev–Trinajstić information content (AvgIpc) is 3.36. The third-order valence-electron chi connectivity index (χ3n) is 14.2. The normalized spacial score (nSPS) is 19.7. The van der Waals surface area contributed by atoms with E-state index in [0.717, 1.165) is 64.2 Å². The summed E-state index contributed by atoms with van der Waals surface area (Å²) in [6.45, 7) is 3.72. The van der Waals surface area contributed by atoms with Gasteiger partial charge in [-0.25, -0.2) is 0 Å². The van der Waals surface area contributed by atoms with Crippen LogP contribution in [0.1, 0.15) is 277 Å². The number of allylic oxidation sites excluding steroid dienone is 8. The van der Waals surface area contributed by atoms with Crippen LogP contribution in [0.2, 0.25) is 0 Å². The summed E-state index contributed by atoms with van der Waals surface area (Å²) in [6.07, 6.45) is 60.4. The molecule has 0 bridgehead atoms. The lowest BCUT2D eigenvalue weighted by Crippen LogP contribution is -2.60. The monoisotopic (exact) mass is 988 g/mol. The maximum Gasteiger partial charge on any atom is 0.220 e. The molecule has 0 saturated carbocycles. The number of hydrogen-bond acceptors (Lipinski definition) is 8. The molecule has 0 aliphatic carbocycles. The molecule has 0 spiro atoms. The highest BCUT2D eigenvalue weighted by molar-refractivity contribution is 5.76. The summed E-state index contributed by atoms with van der Waals surface area (Å²) >= 11 is 0. The second-order valence-corrected chi connectivity index (χ2v) is 20.8. The van der Waals surface area contributed by atoms with Crippen molar-refractivity contribution in [1.82, 2.24) is 5.32 Å². The molecule has 1 saturated heterocycles. The minimum absolute atomic E-state index is 0.135. The summed E-state index contributed by atoms with van der Waals surface area (Å²) in [5.41, 5.74) is 0. The van der Waals surface area contributed by atoms with Crippen molar-refractivity contribution in [2.24, 2.45) is 0 Å². The van der Waals surface area contributed by atoms with Crippen molar-refractivity contribution >= 4 is 5.91 Å². The Morgan fingerprint density at radius 1 is 0.500 bits per heavy atom. The van der Waals surface area contributed by atoms with Crippen LogP contribution < -0.4 is 5.32 Å². The molecule has 0 aromatic heterocycles. The molecular weight excluding hydrogens is 875 g/mol. The topological polar surface area (TPSA) is 149 Å². The first-order valence-corrected chi connectivity index (χ1v) is 29.8. The van der Waals surface area contributed by atoms with Crippen LogP contribution in [0, 0.1) is 0 Å². The third-order valence-corrected chi connectivity index (χ3v) is 14.2. The number of carbonyl (C=O) groups excluding carboxylic acids is 1. The van der Waals surface area contributed by atoms with Gasteiger partial charge in [0.2, 0.25) is 5.91 Å². The SMILES string of the molecule is CC/C=C\C/C=C\C/C=C\C/C=C\CCCCCCCCCCCCCCCCCCCCCCCCCCC(=O)NC(COC1OC(CO)C(O)C(O)C1O)C(O)CCCCCCCCCCCC. The predicted molar refractivity (Wildman–Crippen MR) is 295 cm³/mol. The second-order valence-electron chi connectivity index (χ2n) is 20.8. The van der Waals surface area contributed by atoms with Gasteiger partial charge in [0.15, 0.2) is 6.29 Å². The van der Waals surface area contributed by atoms with Crippen LogP contribution in [0.5, 0.6) is 0 Å². The Morgan fingerprint density at radius 2 is 0.886 bits per heavy atom. The maximum atomic E-state index is 13.0. The minimum Gasteiger partial charge on any atom is -0.394 e. The predicted octanol–water partition coefficient (Wildman–Crippen LogP) is 14.9. The van der Waals surface area contributed by atoms with E-state index in [1.807, 2.05) is 0 Å². The standard InChI is InChI=1S/C61H113NO8/c1-3-5-7-9-11-13-15-16-17-18-19-20-21-22-23-24-25-26-27-28-29-30-31-32-33-34-35-36-37-38-39-40-41-43-45-47-49-51-57(65)62-54(53-69-61-60(68)59(67)58(66)56(52-63)70-61)55(64)50-48-46-44-42-14-12-10-8-6-4-2/h5,7,11,13,16-17,19-20,54-56,58-61,63-64,66-68H,3-4,6,8-10,12,14-15,18,21-53H2,1-2H3,(H,62,65)/b7-5-,13-11-,17-16-,20-19-. The van der Waals surface area contributed by atoms with E-state index in [0.29, 0.717) is 12.8 Å². The zero-order chi connectivity index (χ0) is 50.8. The summed E-state index contributed by atoms with van der Waals surface area (Å²) in [6, 6.07) is -0.715. The lowest BCUT2D eigenvalue weighted by molar-refractivity contribution is -0.302. The zero-order valence-electron chi connectivity index (χ0n) is 45.5. The smallest absolute Gasteiger partial charge is 0.220 e. The van der Waals surface area contributed by atoms with Crippen molar-refractivity contribution in [3.63, 3.8) is 0 Å². The molecule has 9 heteroatoms. The molecule has 1 rings (SSSR count). The Bertz CT molecular complexity index is 1240. The molecule has 6 N–H and O–H groups in total. The Morgan fingerprint density at radius 3 is 1.31 bits per heavy atom. The van der Waals surface area contributed by atoms with Crippen molar-refractivity contribution in [1.29, 1.82) is 0 Å². The minimum atomic E-state index is -1.55. The Kier molecular flexibility index (Phi) is 47.9. The van der Waals surface area contributed by atoms with Crippen molar-refractivity contribution in [3.05, 3.63) is 48.6 Å². The van der Waals surface area contributed by atoms with Crippen molar-refractivity contribution in [2.45, 2.75) is 320 Å². The average molecular weight is 989 g/mol. The van der Waals surface area contributed by atoms with E-state index in [-0.39, 0.29) is 12.5 Å². The van der Waals surface area contributed by atoms with Crippen molar-refractivity contribution in [2.75, 3.05) is 13.2 Å². The van der Waals surface area contributed by atoms with E-state index in [4.69, 9.17) is 9.47 Å². The van der Waals surface area contributed by atoms with Gasteiger partial charge in [0.1, 0.15) is 24.4 Å². The van der Waals surface area contributed by atoms with Crippen LogP contribution in [0.3, 0.4) is 0 Å². The summed E-state index contributed by atoms with van der Waals surface area (Å²) in [5.74, 6) is -0.142. The van der Waals surface area contributed by atoms with Crippen molar-refractivity contribution < 1.29 is 39.8 Å². The summed E-state index contributed by atoms with van der Waals surface area (Å²) in [7, 11) is 0. The lowest BCUT2D eigenvalue weighted by atomic mass is 9.99. The number of unbranched alkanes of at least 4 members (excludes halogenated alkanes) is 33. The van der Waals surface area contributed by atoms with Gasteiger partial charge in [-0.05, 0) is 51.4 Å². The van der Waals surface area contributed by atoms with E-state index in [9.17, 15) is 30.3 Å². The van der Waals surface area contributed by atoms with Gasteiger partial charge in [-0.3, -0.25) is 4.79 Å². The van der Waals surface area contributed by atoms with Crippen LogP contribution in [0.25, 0.3) is 0 Å². The van der Waals surface area contributed by atoms with Crippen LogP contribution >= 0.6 is 0 Å². The van der Waals surface area contributed by atoms with E-state index in [1.54, 1.807) is 0 Å². The molecule has 1 fully saturated rings. The fourth-order valence-corrected chi connectivity index (χ4v) is 9.51. The van der Waals surface area contributed by atoms with Gasteiger partial charge in [-0.2, -0.15) is 0 Å². The van der Waals surface area contributed by atoms with Crippen LogP contribution in [-0.4, -0.2) is 87.5 Å². The lowest BCUT2D eigenvalue weighted by Gasteiger charge is -2.40. The first-order chi connectivity index (χ1) is 34.3. The fraction of sp³-hybridized carbons (Fsp3) is 0.852. The highest BCUT2D eigenvalue weighted by atomic mass is 16.7. The van der Waals surface area contributed by atoms with Crippen LogP contribution in [0.4, 0.5) is 0 Å². The summed E-state index contributed by atoms with van der Waals surface area (Å²) < 4.78 is 11.3. The molecule has 0 aromatic carbocycles. The molecule has 7 atom stereocenters. The molecule has 0 aromatic rings. The second kappa shape index (κ2) is 50.7. The largest absolute Gasteiger partial charge is 0.394 e. The number of hydrogen-bond donors (Lipinski definition) is 6. The first kappa shape index (κ1) is 66.2. The molecule has 1 amide bonds. The molecule has 1 heterocycles. The van der Waals surface area contributed by atoms with E-state index in [1.165, 1.54) is 186 Å². The fourth-order valence-electron chi connectivity index (χ4n) is 9.51. The number of amides is 1. The van der Waals surface area contributed by atoms with Crippen LogP contribution in [0.15, 0.2) is 48.6 Å². The maximum absolute atomic E-state index is 13.0. The number of nitrogens with one attached hydrogen (secondary N) is 1. The molecule has 1 aliphatic heterocycles. The molecule has 9 nitrogen and oxygen atoms in total. The Balaban J connectivity index is 2.01. The van der Waals surface area contributed by atoms with E-state index >= 15 is 0 Å². The first-order valence-electron chi connectivity index (χ1n) is 29.8. The number of carbonyl (C=O) groups is 1. The quantitative estimate of drug-likeness (QED) is 0.0261. The zero-order valence-corrected chi connectivity index (χ0v) is 45.5. The highest BCUT2D eigenvalue weighted by Gasteiger charge is 2.44. The third kappa shape index (κ3) is 39.7. The van der Waals surface area contributed by atoms with Gasteiger partial charge in [0, 0.05) is 6.42 Å². The van der Waals surface area contributed by atoms with Gasteiger partial charge in [0.25, 0.3) is 0 Å². The number of ether oxygens (including phenoxy) is 2. The van der Waals surface area contributed by atoms with Crippen LogP contribution in [-0.2, 0) is 14.3 Å². The van der Waals surface area contributed by atoms with E-state index < -0.39 is 49.5 Å². The molecule has 0 radical (unpaired) electrons. The molecule has 7 unspecified atom stereocenters. The molecule has 410 valence electrons. The van der Waals surface area contributed by atoms with Gasteiger partial charge >= 0.3 is 0 Å². The van der Waals surface area contributed by atoms with Gasteiger partial charge in [-0.1, -0.05) is 268 Å². The molecular formula is C61H113NO8. The number of aliphatic hydroxyl groups is 5.